The Bertz CT molecular complexity index is 641. The standard InChI is InChI=1S/C15H23FN2O2S/c1-10-6-13(7-11(9-17)14(10)16)21(19,20)18-12-4-5-15(2,3)8-12/h6-7,12,18H,4-5,8-9,17H2,1-3H3. The highest BCUT2D eigenvalue weighted by Gasteiger charge is 2.33. The highest BCUT2D eigenvalue weighted by atomic mass is 32.2. The molecule has 118 valence electrons. The van der Waals surface area contributed by atoms with Gasteiger partial charge in [0.2, 0.25) is 10.0 Å². The zero-order chi connectivity index (χ0) is 15.8. The molecule has 1 fully saturated rings. The number of nitrogens with one attached hydrogen (secondary N) is 1. The molecule has 6 heteroatoms. The average Bonchev–Trinajstić information content (AvgIpc) is 2.70. The van der Waals surface area contributed by atoms with Gasteiger partial charge < -0.3 is 5.73 Å². The molecule has 4 nitrogen and oxygen atoms in total. The highest BCUT2D eigenvalue weighted by molar-refractivity contribution is 7.89. The highest BCUT2D eigenvalue weighted by Crippen LogP contribution is 2.37. The second-order valence-corrected chi connectivity index (χ2v) is 8.36. The molecule has 0 spiro atoms. The summed E-state index contributed by atoms with van der Waals surface area (Å²) < 4.78 is 41.4. The van der Waals surface area contributed by atoms with Crippen LogP contribution in [0.15, 0.2) is 17.0 Å². The summed E-state index contributed by atoms with van der Waals surface area (Å²) >= 11 is 0. The van der Waals surface area contributed by atoms with Crippen molar-refractivity contribution < 1.29 is 12.8 Å². The van der Waals surface area contributed by atoms with Gasteiger partial charge in [-0.3, -0.25) is 0 Å². The minimum absolute atomic E-state index is 0.0213. The van der Waals surface area contributed by atoms with Crippen LogP contribution in [0.25, 0.3) is 0 Å². The van der Waals surface area contributed by atoms with Crippen LogP contribution in [0.1, 0.15) is 44.2 Å². The van der Waals surface area contributed by atoms with Crippen LogP contribution in [0.2, 0.25) is 0 Å². The van der Waals surface area contributed by atoms with Crippen LogP contribution < -0.4 is 10.5 Å². The molecular formula is C15H23FN2O2S. The summed E-state index contributed by atoms with van der Waals surface area (Å²) in [7, 11) is -3.64. The van der Waals surface area contributed by atoms with Crippen molar-refractivity contribution in [1.82, 2.24) is 4.72 Å². The Morgan fingerprint density at radius 2 is 2.10 bits per heavy atom. The van der Waals surface area contributed by atoms with Crippen LogP contribution in [0.5, 0.6) is 0 Å². The Morgan fingerprint density at radius 3 is 2.62 bits per heavy atom. The van der Waals surface area contributed by atoms with Gasteiger partial charge in [0.05, 0.1) is 4.90 Å². The van der Waals surface area contributed by atoms with E-state index in [0.717, 1.165) is 19.3 Å². The number of sulfonamides is 1. The van der Waals surface area contributed by atoms with Gasteiger partial charge in [0.1, 0.15) is 5.82 Å². The predicted octanol–water partition coefficient (Wildman–Crippen LogP) is 2.45. The van der Waals surface area contributed by atoms with Crippen molar-refractivity contribution in [2.75, 3.05) is 0 Å². The van der Waals surface area contributed by atoms with Crippen LogP contribution in [-0.2, 0) is 16.6 Å². The zero-order valence-electron chi connectivity index (χ0n) is 12.7. The van der Waals surface area contributed by atoms with Crippen LogP contribution in [0.3, 0.4) is 0 Å². The van der Waals surface area contributed by atoms with Crippen molar-refractivity contribution in [1.29, 1.82) is 0 Å². The first kappa shape index (κ1) is 16.4. The lowest BCUT2D eigenvalue weighted by Gasteiger charge is -2.18. The van der Waals surface area contributed by atoms with Gasteiger partial charge in [-0.2, -0.15) is 0 Å². The second-order valence-electron chi connectivity index (χ2n) is 6.64. The summed E-state index contributed by atoms with van der Waals surface area (Å²) in [5.74, 6) is -0.432. The van der Waals surface area contributed by atoms with Gasteiger partial charge in [-0.25, -0.2) is 17.5 Å². The molecule has 1 unspecified atom stereocenters. The predicted molar refractivity (Wildman–Crippen MR) is 80.8 cm³/mol. The average molecular weight is 314 g/mol. The van der Waals surface area contributed by atoms with E-state index in [2.05, 4.69) is 18.6 Å². The minimum Gasteiger partial charge on any atom is -0.326 e. The van der Waals surface area contributed by atoms with E-state index < -0.39 is 15.8 Å². The fourth-order valence-electron chi connectivity index (χ4n) is 2.93. The molecular weight excluding hydrogens is 291 g/mol. The summed E-state index contributed by atoms with van der Waals surface area (Å²) in [4.78, 5) is 0.0894. The Kier molecular flexibility index (Phi) is 4.42. The summed E-state index contributed by atoms with van der Waals surface area (Å²) in [5, 5.41) is 0. The Labute approximate surface area is 126 Å². The maximum absolute atomic E-state index is 13.8. The molecule has 1 aromatic rings. The lowest BCUT2D eigenvalue weighted by molar-refractivity contribution is 0.372. The van der Waals surface area contributed by atoms with Crippen LogP contribution in [-0.4, -0.2) is 14.5 Å². The Morgan fingerprint density at radius 1 is 1.43 bits per heavy atom. The van der Waals surface area contributed by atoms with Crippen molar-refractivity contribution in [3.63, 3.8) is 0 Å². The first-order valence-electron chi connectivity index (χ1n) is 7.16. The van der Waals surface area contributed by atoms with E-state index in [1.165, 1.54) is 12.1 Å². The van der Waals surface area contributed by atoms with Crippen LogP contribution >= 0.6 is 0 Å². The maximum Gasteiger partial charge on any atom is 0.240 e. The molecule has 1 atom stereocenters. The Balaban J connectivity index is 2.26. The van der Waals surface area contributed by atoms with Crippen LogP contribution in [0.4, 0.5) is 4.39 Å². The third kappa shape index (κ3) is 3.62. The number of benzene rings is 1. The topological polar surface area (TPSA) is 72.2 Å². The number of hydrogen-bond acceptors (Lipinski definition) is 3. The summed E-state index contributed by atoms with van der Waals surface area (Å²) in [6, 6.07) is 2.62. The van der Waals surface area contributed by atoms with E-state index in [9.17, 15) is 12.8 Å². The molecule has 0 amide bonds. The van der Waals surface area contributed by atoms with Gasteiger partial charge in [0, 0.05) is 18.2 Å². The van der Waals surface area contributed by atoms with Gasteiger partial charge in [-0.1, -0.05) is 13.8 Å². The molecule has 3 N–H and O–H groups in total. The smallest absolute Gasteiger partial charge is 0.240 e. The van der Waals surface area contributed by atoms with E-state index in [0.29, 0.717) is 5.56 Å². The molecule has 21 heavy (non-hydrogen) atoms. The molecule has 0 heterocycles. The maximum atomic E-state index is 13.8. The molecule has 0 aromatic heterocycles. The number of hydrogen-bond donors (Lipinski definition) is 2. The van der Waals surface area contributed by atoms with Crippen molar-refractivity contribution in [2.24, 2.45) is 11.1 Å². The van der Waals surface area contributed by atoms with E-state index in [4.69, 9.17) is 5.73 Å². The van der Waals surface area contributed by atoms with E-state index in [1.807, 2.05) is 0 Å². The lowest BCUT2D eigenvalue weighted by atomic mass is 9.92. The lowest BCUT2D eigenvalue weighted by Crippen LogP contribution is -2.33. The van der Waals surface area contributed by atoms with Crippen molar-refractivity contribution in [3.05, 3.63) is 29.1 Å². The van der Waals surface area contributed by atoms with E-state index in [-0.39, 0.29) is 28.5 Å². The molecule has 0 bridgehead atoms. The first-order valence-corrected chi connectivity index (χ1v) is 8.64. The fourth-order valence-corrected chi connectivity index (χ4v) is 4.34. The third-order valence-corrected chi connectivity index (χ3v) is 5.62. The molecule has 0 aliphatic heterocycles. The molecule has 0 saturated heterocycles. The molecule has 1 aliphatic carbocycles. The summed E-state index contributed by atoms with van der Waals surface area (Å²) in [6.45, 7) is 5.80. The number of halogens is 1. The van der Waals surface area contributed by atoms with Gasteiger partial charge in [-0.05, 0) is 49.3 Å². The monoisotopic (exact) mass is 314 g/mol. The van der Waals surface area contributed by atoms with Crippen molar-refractivity contribution in [3.8, 4) is 0 Å². The SMILES string of the molecule is Cc1cc(S(=O)(=O)NC2CCC(C)(C)C2)cc(CN)c1F. The third-order valence-electron chi connectivity index (χ3n) is 4.12. The van der Waals surface area contributed by atoms with Gasteiger partial charge in [0.15, 0.2) is 0 Å². The normalized spacial score (nSPS) is 21.7. The van der Waals surface area contributed by atoms with Gasteiger partial charge >= 0.3 is 0 Å². The number of aryl methyl sites for hydroxylation is 1. The molecule has 1 aromatic carbocycles. The summed E-state index contributed by atoms with van der Waals surface area (Å²) in [6.07, 6.45) is 2.64. The fraction of sp³-hybridized carbons (Fsp3) is 0.600. The van der Waals surface area contributed by atoms with Crippen molar-refractivity contribution >= 4 is 10.0 Å². The largest absolute Gasteiger partial charge is 0.326 e. The second kappa shape index (κ2) is 5.66. The van der Waals surface area contributed by atoms with Crippen molar-refractivity contribution in [2.45, 2.75) is 57.5 Å². The molecule has 2 rings (SSSR count). The molecule has 1 aliphatic rings. The minimum atomic E-state index is -3.64. The number of nitrogens with two attached hydrogens (primary N) is 1. The molecule has 0 radical (unpaired) electrons. The van der Waals surface area contributed by atoms with Crippen LogP contribution in [0, 0.1) is 18.2 Å². The van der Waals surface area contributed by atoms with Gasteiger partial charge in [-0.15, -0.1) is 0 Å². The van der Waals surface area contributed by atoms with E-state index in [1.54, 1.807) is 6.92 Å². The summed E-state index contributed by atoms with van der Waals surface area (Å²) in [5.41, 5.74) is 6.16. The zero-order valence-corrected chi connectivity index (χ0v) is 13.6. The van der Waals surface area contributed by atoms with Gasteiger partial charge in [0.25, 0.3) is 0 Å². The Hall–Kier alpha value is -0.980. The first-order chi connectivity index (χ1) is 9.64. The molecule has 1 saturated carbocycles. The van der Waals surface area contributed by atoms with E-state index >= 15 is 0 Å². The number of rotatable bonds is 4. The quantitative estimate of drug-likeness (QED) is 0.896.